The summed E-state index contributed by atoms with van der Waals surface area (Å²) < 4.78 is 32.1. The minimum atomic E-state index is -0.187. The van der Waals surface area contributed by atoms with Gasteiger partial charge in [0.15, 0.2) is 0 Å². The summed E-state index contributed by atoms with van der Waals surface area (Å²) in [5.74, 6) is 0.807. The van der Waals surface area contributed by atoms with Gasteiger partial charge in [0.1, 0.15) is 17.4 Å². The molecule has 2 rings (SSSR count). The third kappa shape index (κ3) is 5.05. The van der Waals surface area contributed by atoms with Gasteiger partial charge in [-0.3, -0.25) is 0 Å². The second-order valence-corrected chi connectivity index (χ2v) is 6.21. The number of methoxy groups -OCH3 is 1. The molecule has 0 fully saturated rings. The Kier molecular flexibility index (Phi) is 6.14. The fraction of sp³-hybridized carbons (Fsp3) is 0.400. The Morgan fingerprint density at radius 1 is 0.957 bits per heavy atom. The maximum Gasteiger partial charge on any atom is 0.126 e. The number of aryl methyl sites for hydroxylation is 3. The molecule has 0 heterocycles. The average Bonchev–Trinajstić information content (AvgIpc) is 2.53. The second-order valence-electron chi connectivity index (χ2n) is 6.21. The highest BCUT2D eigenvalue weighted by Gasteiger charge is 2.09. The first kappa shape index (κ1) is 17.5. The van der Waals surface area contributed by atoms with E-state index in [1.165, 1.54) is 17.7 Å². The van der Waals surface area contributed by atoms with Gasteiger partial charge in [0.25, 0.3) is 0 Å². The van der Waals surface area contributed by atoms with E-state index in [2.05, 4.69) is 6.92 Å². The lowest BCUT2D eigenvalue weighted by Crippen LogP contribution is -2.02. The van der Waals surface area contributed by atoms with E-state index < -0.39 is 0 Å². The van der Waals surface area contributed by atoms with Gasteiger partial charge < -0.3 is 4.74 Å². The first-order valence-electron chi connectivity index (χ1n) is 8.07. The Morgan fingerprint density at radius 2 is 1.65 bits per heavy atom. The van der Waals surface area contributed by atoms with Crippen LogP contribution in [0.25, 0.3) is 0 Å². The molecule has 0 spiro atoms. The van der Waals surface area contributed by atoms with Crippen LogP contribution in [0.5, 0.6) is 5.75 Å². The molecule has 0 aliphatic carbocycles. The molecular formula is C20H24F2O. The minimum Gasteiger partial charge on any atom is -0.497 e. The number of rotatable bonds is 7. The molecule has 0 aliphatic heterocycles. The van der Waals surface area contributed by atoms with Gasteiger partial charge in [-0.1, -0.05) is 13.0 Å². The predicted octanol–water partition coefficient (Wildman–Crippen LogP) is 5.48. The molecule has 23 heavy (non-hydrogen) atoms. The summed E-state index contributed by atoms with van der Waals surface area (Å²) in [5.41, 5.74) is 2.89. The summed E-state index contributed by atoms with van der Waals surface area (Å²) in [6, 6.07) is 9.82. The van der Waals surface area contributed by atoms with Gasteiger partial charge >= 0.3 is 0 Å². The van der Waals surface area contributed by atoms with Crippen molar-refractivity contribution in [1.29, 1.82) is 0 Å². The molecule has 0 bridgehead atoms. The van der Waals surface area contributed by atoms with Crippen LogP contribution in [-0.4, -0.2) is 7.11 Å². The number of hydrogen-bond acceptors (Lipinski definition) is 1. The lowest BCUT2D eigenvalue weighted by atomic mass is 9.93. The Hall–Kier alpha value is -1.90. The Labute approximate surface area is 137 Å². The quantitative estimate of drug-likeness (QED) is 0.656. The van der Waals surface area contributed by atoms with E-state index in [1.54, 1.807) is 25.3 Å². The van der Waals surface area contributed by atoms with E-state index in [4.69, 9.17) is 4.74 Å². The fourth-order valence-electron chi connectivity index (χ4n) is 2.76. The van der Waals surface area contributed by atoms with Crippen LogP contribution in [0.2, 0.25) is 0 Å². The van der Waals surface area contributed by atoms with Gasteiger partial charge in [0.05, 0.1) is 7.11 Å². The number of benzene rings is 2. The Morgan fingerprint density at radius 3 is 2.30 bits per heavy atom. The normalized spacial score (nSPS) is 12.2. The lowest BCUT2D eigenvalue weighted by Gasteiger charge is -2.13. The van der Waals surface area contributed by atoms with Crippen molar-refractivity contribution < 1.29 is 13.5 Å². The van der Waals surface area contributed by atoms with Crippen LogP contribution in [0.3, 0.4) is 0 Å². The summed E-state index contributed by atoms with van der Waals surface area (Å²) in [7, 11) is 1.59. The summed E-state index contributed by atoms with van der Waals surface area (Å²) in [5, 5.41) is 0. The largest absolute Gasteiger partial charge is 0.497 e. The van der Waals surface area contributed by atoms with Crippen LogP contribution in [-0.2, 0) is 12.8 Å². The molecule has 2 aromatic carbocycles. The third-order valence-electron chi connectivity index (χ3n) is 4.37. The smallest absolute Gasteiger partial charge is 0.126 e. The SMILES string of the molecule is COc1ccc(F)c(CCC(C)CCc2ccc(F)cc2C)c1. The monoisotopic (exact) mass is 318 g/mol. The zero-order valence-corrected chi connectivity index (χ0v) is 14.0. The molecule has 3 heteroatoms. The van der Waals surface area contributed by atoms with Crippen LogP contribution < -0.4 is 4.74 Å². The second kappa shape index (κ2) is 8.09. The predicted molar refractivity (Wildman–Crippen MR) is 89.9 cm³/mol. The van der Waals surface area contributed by atoms with E-state index in [0.29, 0.717) is 23.7 Å². The van der Waals surface area contributed by atoms with Crippen LogP contribution in [0.15, 0.2) is 36.4 Å². The molecule has 0 N–H and O–H groups in total. The molecule has 2 aromatic rings. The van der Waals surface area contributed by atoms with Crippen LogP contribution in [0.4, 0.5) is 8.78 Å². The summed E-state index contributed by atoms with van der Waals surface area (Å²) in [6.07, 6.45) is 3.56. The molecule has 1 atom stereocenters. The van der Waals surface area contributed by atoms with Gasteiger partial charge in [-0.2, -0.15) is 0 Å². The molecule has 124 valence electrons. The Bertz CT molecular complexity index is 652. The highest BCUT2D eigenvalue weighted by Crippen LogP contribution is 2.22. The average molecular weight is 318 g/mol. The van der Waals surface area contributed by atoms with Crippen molar-refractivity contribution in [3.8, 4) is 5.75 Å². The maximum absolute atomic E-state index is 13.8. The van der Waals surface area contributed by atoms with Gasteiger partial charge in [-0.25, -0.2) is 8.78 Å². The van der Waals surface area contributed by atoms with Crippen molar-refractivity contribution in [2.24, 2.45) is 5.92 Å². The van der Waals surface area contributed by atoms with Gasteiger partial charge in [-0.15, -0.1) is 0 Å². The first-order valence-corrected chi connectivity index (χ1v) is 8.07. The van der Waals surface area contributed by atoms with Crippen molar-refractivity contribution in [2.75, 3.05) is 7.11 Å². The van der Waals surface area contributed by atoms with Gasteiger partial charge in [-0.05, 0) is 85.5 Å². The minimum absolute atomic E-state index is 0.174. The molecule has 0 amide bonds. The number of halogens is 2. The molecule has 1 nitrogen and oxygen atoms in total. The molecule has 1 unspecified atom stereocenters. The van der Waals surface area contributed by atoms with Gasteiger partial charge in [0, 0.05) is 0 Å². The van der Waals surface area contributed by atoms with Crippen LogP contribution >= 0.6 is 0 Å². The molecule has 0 aliphatic rings. The number of ether oxygens (including phenoxy) is 1. The van der Waals surface area contributed by atoms with Crippen molar-refractivity contribution in [2.45, 2.75) is 39.5 Å². The maximum atomic E-state index is 13.8. The molecule has 0 aromatic heterocycles. The highest BCUT2D eigenvalue weighted by atomic mass is 19.1. The van der Waals surface area contributed by atoms with Crippen molar-refractivity contribution in [3.63, 3.8) is 0 Å². The van der Waals surface area contributed by atoms with Crippen molar-refractivity contribution in [3.05, 3.63) is 64.7 Å². The summed E-state index contributed by atoms with van der Waals surface area (Å²) in [4.78, 5) is 0. The lowest BCUT2D eigenvalue weighted by molar-refractivity contribution is 0.412. The topological polar surface area (TPSA) is 9.23 Å². The molecule has 0 radical (unpaired) electrons. The number of hydrogen-bond donors (Lipinski definition) is 0. The van der Waals surface area contributed by atoms with E-state index in [0.717, 1.165) is 24.8 Å². The van der Waals surface area contributed by atoms with Crippen molar-refractivity contribution >= 4 is 0 Å². The molecule has 0 saturated heterocycles. The molecule has 0 saturated carbocycles. The third-order valence-corrected chi connectivity index (χ3v) is 4.37. The standard InChI is InChI=1S/C20H24F2O/c1-14(4-6-16-8-9-18(21)12-15(16)2)5-7-17-13-19(23-3)10-11-20(17)22/h8-14H,4-7H2,1-3H3. The highest BCUT2D eigenvalue weighted by molar-refractivity contribution is 5.30. The van der Waals surface area contributed by atoms with E-state index in [1.807, 2.05) is 13.0 Å². The summed E-state index contributed by atoms with van der Waals surface area (Å²) >= 11 is 0. The van der Waals surface area contributed by atoms with E-state index in [-0.39, 0.29) is 11.6 Å². The summed E-state index contributed by atoms with van der Waals surface area (Å²) in [6.45, 7) is 4.12. The molecular weight excluding hydrogens is 294 g/mol. The zero-order chi connectivity index (χ0) is 16.8. The first-order chi connectivity index (χ1) is 11.0. The van der Waals surface area contributed by atoms with Gasteiger partial charge in [0.2, 0.25) is 0 Å². The zero-order valence-electron chi connectivity index (χ0n) is 14.0. The van der Waals surface area contributed by atoms with Crippen molar-refractivity contribution in [1.82, 2.24) is 0 Å². The van der Waals surface area contributed by atoms with E-state index in [9.17, 15) is 8.78 Å². The fourth-order valence-corrected chi connectivity index (χ4v) is 2.76. The van der Waals surface area contributed by atoms with Crippen LogP contribution in [0.1, 0.15) is 36.5 Å². The van der Waals surface area contributed by atoms with Crippen LogP contribution in [0, 0.1) is 24.5 Å². The Balaban J connectivity index is 1.86. The van der Waals surface area contributed by atoms with E-state index >= 15 is 0 Å².